The van der Waals surface area contributed by atoms with Gasteiger partial charge in [-0.25, -0.2) is 0 Å². The van der Waals surface area contributed by atoms with Crippen LogP contribution in [0.4, 0.5) is 11.4 Å². The van der Waals surface area contributed by atoms with Crippen molar-refractivity contribution >= 4 is 40.7 Å². The average molecular weight is 424 g/mol. The smallest absolute Gasteiger partial charge is 0.252 e. The molecule has 6 nitrogen and oxygen atoms in total. The Bertz CT molecular complexity index is 1000. The molecule has 2 aliphatic rings. The number of ketones is 1. The predicted octanol–water partition coefficient (Wildman–Crippen LogP) is 3.84. The maximum absolute atomic E-state index is 13.0. The molecule has 0 bridgehead atoms. The third kappa shape index (κ3) is 4.36. The summed E-state index contributed by atoms with van der Waals surface area (Å²) in [5, 5.41) is 6.29. The van der Waals surface area contributed by atoms with E-state index in [-0.39, 0.29) is 30.1 Å². The molecule has 2 heterocycles. The number of hydrogen-bond acceptors (Lipinski definition) is 5. The second kappa shape index (κ2) is 8.52. The molecule has 0 radical (unpaired) electrons. The lowest BCUT2D eigenvalue weighted by molar-refractivity contribution is -0.133. The van der Waals surface area contributed by atoms with Crippen molar-refractivity contribution in [3.63, 3.8) is 0 Å². The van der Waals surface area contributed by atoms with Crippen molar-refractivity contribution in [3.05, 3.63) is 48.0 Å². The van der Waals surface area contributed by atoms with Crippen LogP contribution in [0.15, 0.2) is 52.3 Å². The fraction of sp³-hybridized carbons (Fsp3) is 0.348. The first-order valence-corrected chi connectivity index (χ1v) is 11.0. The molecule has 0 spiro atoms. The van der Waals surface area contributed by atoms with Crippen LogP contribution in [0.3, 0.4) is 0 Å². The second-order valence-corrected chi connectivity index (χ2v) is 9.22. The van der Waals surface area contributed by atoms with Crippen molar-refractivity contribution in [2.75, 3.05) is 18.4 Å². The summed E-state index contributed by atoms with van der Waals surface area (Å²) >= 11 is 1.66. The molecule has 0 unspecified atom stereocenters. The number of nitrogens with zero attached hydrogens (tertiary/aromatic N) is 1. The van der Waals surface area contributed by atoms with Gasteiger partial charge in [-0.3, -0.25) is 14.4 Å². The molecule has 156 valence electrons. The van der Waals surface area contributed by atoms with Crippen molar-refractivity contribution in [3.8, 4) is 0 Å². The first kappa shape index (κ1) is 20.5. The number of likely N-dealkylation sites (tertiary alicyclic amines) is 1. The Balaban J connectivity index is 1.50. The highest BCUT2D eigenvalue weighted by Crippen LogP contribution is 2.44. The van der Waals surface area contributed by atoms with Gasteiger partial charge in [-0.15, -0.1) is 0 Å². The zero-order valence-electron chi connectivity index (χ0n) is 17.1. The van der Waals surface area contributed by atoms with Crippen molar-refractivity contribution in [1.82, 2.24) is 10.2 Å². The number of benzene rings is 2. The lowest BCUT2D eigenvalue weighted by Gasteiger charge is -2.25. The van der Waals surface area contributed by atoms with Crippen LogP contribution in [0.1, 0.15) is 37.0 Å². The summed E-state index contributed by atoms with van der Waals surface area (Å²) in [7, 11) is 0. The molecule has 1 fully saturated rings. The van der Waals surface area contributed by atoms with Gasteiger partial charge in [-0.05, 0) is 42.7 Å². The van der Waals surface area contributed by atoms with E-state index in [0.717, 1.165) is 21.2 Å². The van der Waals surface area contributed by atoms with Gasteiger partial charge < -0.3 is 15.5 Å². The van der Waals surface area contributed by atoms with Crippen LogP contribution in [0.25, 0.3) is 0 Å². The van der Waals surface area contributed by atoms with Gasteiger partial charge >= 0.3 is 0 Å². The van der Waals surface area contributed by atoms with Crippen LogP contribution < -0.4 is 10.6 Å². The second-order valence-electron chi connectivity index (χ2n) is 8.14. The molecule has 2 amide bonds. The molecule has 2 aromatic rings. The summed E-state index contributed by atoms with van der Waals surface area (Å²) < 4.78 is 0. The van der Waals surface area contributed by atoms with Crippen molar-refractivity contribution in [2.24, 2.45) is 5.92 Å². The Morgan fingerprint density at radius 1 is 1.13 bits per heavy atom. The Kier molecular flexibility index (Phi) is 5.81. The van der Waals surface area contributed by atoms with E-state index in [1.165, 1.54) is 0 Å². The van der Waals surface area contributed by atoms with Crippen LogP contribution in [-0.4, -0.2) is 41.6 Å². The molecular weight excluding hydrogens is 398 g/mol. The van der Waals surface area contributed by atoms with Gasteiger partial charge in [-0.2, -0.15) is 0 Å². The van der Waals surface area contributed by atoms with E-state index in [1.807, 2.05) is 44.2 Å². The van der Waals surface area contributed by atoms with E-state index in [2.05, 4.69) is 16.7 Å². The minimum absolute atomic E-state index is 0.0662. The normalized spacial score (nSPS) is 16.0. The summed E-state index contributed by atoms with van der Waals surface area (Å²) in [5.74, 6) is -0.163. The minimum atomic E-state index is -0.637. The lowest BCUT2D eigenvalue weighted by atomic mass is 10.0. The van der Waals surface area contributed by atoms with E-state index in [4.69, 9.17) is 0 Å². The third-order valence-corrected chi connectivity index (χ3v) is 6.42. The number of Topliss-reactive ketones (excluding diaryl/α,β-unsaturated/α-hetero) is 1. The highest BCUT2D eigenvalue weighted by Gasteiger charge is 2.31. The van der Waals surface area contributed by atoms with E-state index < -0.39 is 6.04 Å². The minimum Gasteiger partial charge on any atom is -0.354 e. The summed E-state index contributed by atoms with van der Waals surface area (Å²) in [4.78, 5) is 41.2. The lowest BCUT2D eigenvalue weighted by Crippen LogP contribution is -2.48. The Morgan fingerprint density at radius 3 is 2.63 bits per heavy atom. The van der Waals surface area contributed by atoms with Crippen LogP contribution >= 0.6 is 11.8 Å². The van der Waals surface area contributed by atoms with Gasteiger partial charge in [0.05, 0.1) is 17.9 Å². The molecule has 2 N–H and O–H groups in total. The summed E-state index contributed by atoms with van der Waals surface area (Å²) in [6, 6.07) is 12.9. The highest BCUT2D eigenvalue weighted by atomic mass is 32.2. The van der Waals surface area contributed by atoms with Crippen LogP contribution in [0.2, 0.25) is 0 Å². The third-order valence-electron chi connectivity index (χ3n) is 5.27. The van der Waals surface area contributed by atoms with Crippen LogP contribution in [0.5, 0.6) is 0 Å². The van der Waals surface area contributed by atoms with E-state index in [0.29, 0.717) is 24.9 Å². The molecule has 0 aromatic heterocycles. The number of carbonyl (C=O) groups is 3. The average Bonchev–Trinajstić information content (AvgIpc) is 3.16. The summed E-state index contributed by atoms with van der Waals surface area (Å²) in [5.41, 5.74) is 2.39. The Labute approximate surface area is 180 Å². The van der Waals surface area contributed by atoms with Gasteiger partial charge in [0.1, 0.15) is 6.04 Å². The van der Waals surface area contributed by atoms with E-state index in [9.17, 15) is 14.4 Å². The predicted molar refractivity (Wildman–Crippen MR) is 117 cm³/mol. The van der Waals surface area contributed by atoms with Crippen LogP contribution in [-0.2, 0) is 9.59 Å². The van der Waals surface area contributed by atoms with Gasteiger partial charge in [-0.1, -0.05) is 37.7 Å². The Hall–Kier alpha value is -2.80. The van der Waals surface area contributed by atoms with Gasteiger partial charge in [0.15, 0.2) is 5.78 Å². The number of carbonyl (C=O) groups excluding carboxylic acids is 3. The molecule has 2 aliphatic heterocycles. The highest BCUT2D eigenvalue weighted by molar-refractivity contribution is 7.99. The molecule has 0 aliphatic carbocycles. The van der Waals surface area contributed by atoms with Crippen molar-refractivity contribution in [2.45, 2.75) is 42.5 Å². The SMILES string of the molecule is CC(C)C[C@H](NC(=O)c1ccc2c(c1)Nc1ccccc1S2)C(=O)N1CCC(=O)C1. The number of hydrogen-bond donors (Lipinski definition) is 2. The molecule has 1 atom stereocenters. The number of rotatable bonds is 5. The number of amides is 2. The van der Waals surface area contributed by atoms with Gasteiger partial charge in [0.25, 0.3) is 5.91 Å². The topological polar surface area (TPSA) is 78.5 Å². The molecule has 7 heteroatoms. The molecule has 30 heavy (non-hydrogen) atoms. The number of para-hydroxylation sites is 1. The fourth-order valence-corrected chi connectivity index (χ4v) is 4.72. The fourth-order valence-electron chi connectivity index (χ4n) is 3.75. The summed E-state index contributed by atoms with van der Waals surface area (Å²) in [6.07, 6.45) is 0.922. The molecule has 4 rings (SSSR count). The van der Waals surface area contributed by atoms with Gasteiger partial charge in [0.2, 0.25) is 5.91 Å². The van der Waals surface area contributed by atoms with Crippen molar-refractivity contribution < 1.29 is 14.4 Å². The van der Waals surface area contributed by atoms with Crippen molar-refractivity contribution in [1.29, 1.82) is 0 Å². The number of fused-ring (bicyclic) bond motifs is 2. The standard InChI is InChI=1S/C23H25N3O3S/c1-14(2)11-19(23(29)26-10-9-16(27)13-26)25-22(28)15-7-8-21-18(12-15)24-17-5-3-4-6-20(17)30-21/h3-8,12,14,19,24H,9-11,13H2,1-2H3,(H,25,28)/t19-/m0/s1. The zero-order chi connectivity index (χ0) is 21.3. The van der Waals surface area contributed by atoms with E-state index in [1.54, 1.807) is 22.7 Å². The quantitative estimate of drug-likeness (QED) is 0.652. The molecule has 0 saturated carbocycles. The molecule has 1 saturated heterocycles. The molecular formula is C23H25N3O3S. The first-order valence-electron chi connectivity index (χ1n) is 10.2. The number of anilines is 2. The number of nitrogens with one attached hydrogen (secondary N) is 2. The monoisotopic (exact) mass is 423 g/mol. The maximum Gasteiger partial charge on any atom is 0.252 e. The van der Waals surface area contributed by atoms with Crippen LogP contribution in [0, 0.1) is 5.92 Å². The zero-order valence-corrected chi connectivity index (χ0v) is 17.9. The maximum atomic E-state index is 13.0. The largest absolute Gasteiger partial charge is 0.354 e. The Morgan fingerprint density at radius 2 is 1.90 bits per heavy atom. The molecule has 2 aromatic carbocycles. The first-order chi connectivity index (χ1) is 14.4. The van der Waals surface area contributed by atoms with Gasteiger partial charge in [0, 0.05) is 28.3 Å². The van der Waals surface area contributed by atoms with E-state index >= 15 is 0 Å². The summed E-state index contributed by atoms with van der Waals surface area (Å²) in [6.45, 7) is 4.60.